The van der Waals surface area contributed by atoms with Gasteiger partial charge in [0.05, 0.1) is 12.2 Å². The minimum absolute atomic E-state index is 0.116. The van der Waals surface area contributed by atoms with Gasteiger partial charge in [-0.15, -0.1) is 11.3 Å². The number of halogens is 2. The molecule has 11 heteroatoms. The Bertz CT molecular complexity index is 1320. The van der Waals surface area contributed by atoms with E-state index in [4.69, 9.17) is 27.9 Å². The molecule has 0 aliphatic carbocycles. The van der Waals surface area contributed by atoms with Gasteiger partial charge in [0, 0.05) is 24.5 Å². The van der Waals surface area contributed by atoms with E-state index in [1.165, 1.54) is 23.0 Å². The van der Waals surface area contributed by atoms with Crippen LogP contribution in [-0.4, -0.2) is 23.7 Å². The zero-order chi connectivity index (χ0) is 20.7. The Kier molecular flexibility index (Phi) is 5.20. The Labute approximate surface area is 178 Å². The summed E-state index contributed by atoms with van der Waals surface area (Å²) in [5.74, 6) is 0.694. The van der Waals surface area contributed by atoms with Crippen LogP contribution in [0.15, 0.2) is 39.2 Å². The van der Waals surface area contributed by atoms with Crippen molar-refractivity contribution in [3.8, 4) is 5.75 Å². The summed E-state index contributed by atoms with van der Waals surface area (Å²) < 4.78 is 9.59. The van der Waals surface area contributed by atoms with Crippen molar-refractivity contribution in [2.75, 3.05) is 0 Å². The van der Waals surface area contributed by atoms with Crippen LogP contribution in [0.5, 0.6) is 5.75 Å². The molecule has 4 aromatic rings. The molecule has 0 atom stereocenters. The summed E-state index contributed by atoms with van der Waals surface area (Å²) in [5, 5.41) is 3.40. The van der Waals surface area contributed by atoms with Crippen molar-refractivity contribution in [3.05, 3.63) is 71.5 Å². The number of fused-ring (bicyclic) bond motifs is 1. The van der Waals surface area contributed by atoms with Crippen LogP contribution < -0.4 is 16.0 Å². The normalized spacial score (nSPS) is 11.3. The van der Waals surface area contributed by atoms with Gasteiger partial charge in [-0.25, -0.2) is 9.78 Å². The molecule has 1 aromatic carbocycles. The van der Waals surface area contributed by atoms with E-state index in [2.05, 4.69) is 9.97 Å². The zero-order valence-corrected chi connectivity index (χ0v) is 17.8. The average Bonchev–Trinajstić information content (AvgIpc) is 3.29. The number of benzene rings is 1. The summed E-state index contributed by atoms with van der Waals surface area (Å²) >= 11 is 13.6. The zero-order valence-electron chi connectivity index (χ0n) is 15.4. The molecule has 0 saturated heterocycles. The first-order valence-electron chi connectivity index (χ1n) is 8.48. The van der Waals surface area contributed by atoms with Crippen LogP contribution in [0, 0.1) is 0 Å². The Balaban J connectivity index is 1.60. The maximum absolute atomic E-state index is 12.6. The van der Waals surface area contributed by atoms with Crippen LogP contribution in [0.4, 0.5) is 0 Å². The number of imidazole rings is 1. The topological polar surface area (TPSA) is 83.9 Å². The predicted octanol–water partition coefficient (Wildman–Crippen LogP) is 2.82. The Hall–Kier alpha value is -2.62. The fourth-order valence-corrected chi connectivity index (χ4v) is 3.94. The van der Waals surface area contributed by atoms with Crippen LogP contribution in [0.25, 0.3) is 11.2 Å². The summed E-state index contributed by atoms with van der Waals surface area (Å²) in [6, 6.07) is 7.08. The third-order valence-corrected chi connectivity index (χ3v) is 5.81. The van der Waals surface area contributed by atoms with Crippen molar-refractivity contribution in [1.29, 1.82) is 0 Å². The molecule has 8 nitrogen and oxygen atoms in total. The fourth-order valence-electron chi connectivity index (χ4n) is 2.89. The molecule has 0 amide bonds. The molecule has 29 heavy (non-hydrogen) atoms. The second-order valence-electron chi connectivity index (χ2n) is 6.32. The molecule has 0 saturated carbocycles. The molecule has 0 unspecified atom stereocenters. The SMILES string of the molecule is Cn1c(=O)c2c(nc(Cl)n2Cc2csc(COc3ccc(Cl)cc3)n2)n(C)c1=O. The molecule has 4 rings (SSSR count). The van der Waals surface area contributed by atoms with Crippen molar-refractivity contribution < 1.29 is 4.74 Å². The van der Waals surface area contributed by atoms with Gasteiger partial charge in [-0.2, -0.15) is 4.98 Å². The summed E-state index contributed by atoms with van der Waals surface area (Å²) in [4.78, 5) is 33.4. The number of hydrogen-bond acceptors (Lipinski definition) is 6. The summed E-state index contributed by atoms with van der Waals surface area (Å²) in [6.07, 6.45) is 0. The maximum Gasteiger partial charge on any atom is 0.332 e. The number of nitrogens with zero attached hydrogens (tertiary/aromatic N) is 5. The smallest absolute Gasteiger partial charge is 0.332 e. The Morgan fingerprint density at radius 3 is 2.52 bits per heavy atom. The van der Waals surface area contributed by atoms with Crippen LogP contribution in [0.1, 0.15) is 10.7 Å². The minimum Gasteiger partial charge on any atom is -0.486 e. The molecule has 0 N–H and O–H groups in total. The molecule has 0 radical (unpaired) electrons. The lowest BCUT2D eigenvalue weighted by Crippen LogP contribution is -2.37. The maximum atomic E-state index is 12.6. The van der Waals surface area contributed by atoms with Gasteiger partial charge in [0.15, 0.2) is 11.2 Å². The first-order chi connectivity index (χ1) is 13.8. The van der Waals surface area contributed by atoms with Gasteiger partial charge in [-0.3, -0.25) is 13.9 Å². The number of aryl methyl sites for hydroxylation is 1. The number of aromatic nitrogens is 5. The predicted molar refractivity (Wildman–Crippen MR) is 112 cm³/mol. The number of thiazole rings is 1. The Morgan fingerprint density at radius 2 is 1.79 bits per heavy atom. The fraction of sp³-hybridized carbons (Fsp3) is 0.222. The van der Waals surface area contributed by atoms with Gasteiger partial charge in [0.1, 0.15) is 17.4 Å². The summed E-state index contributed by atoms with van der Waals surface area (Å²) in [6.45, 7) is 0.557. The largest absolute Gasteiger partial charge is 0.486 e. The summed E-state index contributed by atoms with van der Waals surface area (Å²) in [7, 11) is 2.97. The molecule has 0 spiro atoms. The van der Waals surface area contributed by atoms with Crippen LogP contribution in [0.3, 0.4) is 0 Å². The number of hydrogen-bond donors (Lipinski definition) is 0. The highest BCUT2D eigenvalue weighted by Crippen LogP contribution is 2.21. The minimum atomic E-state index is -0.459. The van der Waals surface area contributed by atoms with Crippen molar-refractivity contribution in [3.63, 3.8) is 0 Å². The lowest BCUT2D eigenvalue weighted by atomic mass is 10.3. The third-order valence-electron chi connectivity index (χ3n) is 4.40. The molecule has 150 valence electrons. The second kappa shape index (κ2) is 7.66. The molecular formula is C18H15Cl2N5O3S. The van der Waals surface area contributed by atoms with Crippen molar-refractivity contribution in [2.24, 2.45) is 14.1 Å². The van der Waals surface area contributed by atoms with E-state index in [0.717, 1.165) is 9.57 Å². The molecule has 0 fully saturated rings. The second-order valence-corrected chi connectivity index (χ2v) is 8.04. The molecule has 0 aliphatic rings. The van der Waals surface area contributed by atoms with Gasteiger partial charge in [-0.1, -0.05) is 11.6 Å². The van der Waals surface area contributed by atoms with Crippen molar-refractivity contribution in [2.45, 2.75) is 13.2 Å². The quantitative estimate of drug-likeness (QED) is 0.435. The highest BCUT2D eigenvalue weighted by Gasteiger charge is 2.19. The van der Waals surface area contributed by atoms with E-state index >= 15 is 0 Å². The summed E-state index contributed by atoms with van der Waals surface area (Å²) in [5.41, 5.74) is 0.293. The van der Waals surface area contributed by atoms with Crippen LogP contribution in [0.2, 0.25) is 10.3 Å². The van der Waals surface area contributed by atoms with E-state index in [-0.39, 0.29) is 23.0 Å². The highest BCUT2D eigenvalue weighted by molar-refractivity contribution is 7.09. The molecule has 3 aromatic heterocycles. The monoisotopic (exact) mass is 451 g/mol. The Morgan fingerprint density at radius 1 is 1.07 bits per heavy atom. The van der Waals surface area contributed by atoms with E-state index in [9.17, 15) is 9.59 Å². The van der Waals surface area contributed by atoms with Crippen LogP contribution >= 0.6 is 34.5 Å². The number of ether oxygens (including phenoxy) is 1. The van der Waals surface area contributed by atoms with Gasteiger partial charge < -0.3 is 9.30 Å². The van der Waals surface area contributed by atoms with E-state index in [0.29, 0.717) is 23.1 Å². The van der Waals surface area contributed by atoms with Gasteiger partial charge >= 0.3 is 5.69 Å². The first kappa shape index (κ1) is 19.7. The molecule has 3 heterocycles. The van der Waals surface area contributed by atoms with E-state index in [1.807, 2.05) is 5.38 Å². The van der Waals surface area contributed by atoms with E-state index in [1.54, 1.807) is 35.9 Å². The van der Waals surface area contributed by atoms with Crippen molar-refractivity contribution >= 4 is 45.7 Å². The average molecular weight is 452 g/mol. The van der Waals surface area contributed by atoms with Crippen LogP contribution in [-0.2, 0) is 27.2 Å². The van der Waals surface area contributed by atoms with Gasteiger partial charge in [0.25, 0.3) is 5.56 Å². The number of rotatable bonds is 5. The third kappa shape index (κ3) is 3.68. The highest BCUT2D eigenvalue weighted by atomic mass is 35.5. The lowest BCUT2D eigenvalue weighted by Gasteiger charge is -2.06. The standard InChI is InChI=1S/C18H15Cl2N5O3S/c1-23-15-14(16(26)24(2)18(23)27)25(17(20)22-15)7-11-9-29-13(21-11)8-28-12-5-3-10(19)4-6-12/h3-6,9H,7-8H2,1-2H3. The van der Waals surface area contributed by atoms with Gasteiger partial charge in [-0.05, 0) is 35.9 Å². The molecular weight excluding hydrogens is 437 g/mol. The van der Waals surface area contributed by atoms with E-state index < -0.39 is 11.2 Å². The first-order valence-corrected chi connectivity index (χ1v) is 10.1. The molecule has 0 bridgehead atoms. The molecule has 0 aliphatic heterocycles. The van der Waals surface area contributed by atoms with Gasteiger partial charge in [0.2, 0.25) is 5.28 Å². The van der Waals surface area contributed by atoms with Crippen molar-refractivity contribution in [1.82, 2.24) is 23.7 Å². The lowest BCUT2D eigenvalue weighted by molar-refractivity contribution is 0.305.